The van der Waals surface area contributed by atoms with E-state index in [1.54, 1.807) is 0 Å². The summed E-state index contributed by atoms with van der Waals surface area (Å²) >= 11 is 0. The summed E-state index contributed by atoms with van der Waals surface area (Å²) in [5.41, 5.74) is 0. The Morgan fingerprint density at radius 2 is 2.06 bits per heavy atom. The molecule has 0 spiro atoms. The molecular weight excluding hydrogens is 256 g/mol. The van der Waals surface area contributed by atoms with E-state index in [4.69, 9.17) is 5.11 Å². The summed E-state index contributed by atoms with van der Waals surface area (Å²) in [6.07, 6.45) is 3.67. The quantitative estimate of drug-likeness (QED) is 0.810. The van der Waals surface area contributed by atoms with E-state index < -0.39 is 16.2 Å². The van der Waals surface area contributed by atoms with Gasteiger partial charge in [-0.05, 0) is 19.8 Å². The lowest BCUT2D eigenvalue weighted by atomic mass is 10.1. The third kappa shape index (κ3) is 3.93. The molecule has 1 N–H and O–H groups in total. The van der Waals surface area contributed by atoms with Crippen LogP contribution in [0.5, 0.6) is 0 Å². The van der Waals surface area contributed by atoms with Crippen LogP contribution in [0, 0.1) is 0 Å². The summed E-state index contributed by atoms with van der Waals surface area (Å²) < 4.78 is 27.3. The SMILES string of the molecule is CC1CCCCCN1S(=O)(=O)N(C)CCC(=O)O. The number of rotatable bonds is 5. The molecule has 0 aliphatic carbocycles. The van der Waals surface area contributed by atoms with Gasteiger partial charge in [-0.1, -0.05) is 12.8 Å². The van der Waals surface area contributed by atoms with Gasteiger partial charge in [0.05, 0.1) is 6.42 Å². The van der Waals surface area contributed by atoms with Crippen LogP contribution >= 0.6 is 0 Å². The van der Waals surface area contributed by atoms with Crippen LogP contribution in [0.2, 0.25) is 0 Å². The zero-order valence-electron chi connectivity index (χ0n) is 11.0. The highest BCUT2D eigenvalue weighted by Gasteiger charge is 2.31. The summed E-state index contributed by atoms with van der Waals surface area (Å²) in [6, 6.07) is -0.00946. The molecule has 1 rings (SSSR count). The molecule has 0 aromatic carbocycles. The molecule has 1 aliphatic heterocycles. The van der Waals surface area contributed by atoms with Gasteiger partial charge in [-0.15, -0.1) is 0 Å². The molecule has 6 nitrogen and oxygen atoms in total. The van der Waals surface area contributed by atoms with E-state index in [-0.39, 0.29) is 19.0 Å². The van der Waals surface area contributed by atoms with Gasteiger partial charge in [-0.25, -0.2) is 0 Å². The highest BCUT2D eigenvalue weighted by Crippen LogP contribution is 2.21. The van der Waals surface area contributed by atoms with Crippen LogP contribution in [0.1, 0.15) is 39.0 Å². The van der Waals surface area contributed by atoms with Crippen molar-refractivity contribution in [2.75, 3.05) is 20.1 Å². The first-order valence-electron chi connectivity index (χ1n) is 6.30. The van der Waals surface area contributed by atoms with Crippen molar-refractivity contribution in [2.45, 2.75) is 45.1 Å². The molecule has 0 saturated carbocycles. The van der Waals surface area contributed by atoms with Crippen molar-refractivity contribution in [2.24, 2.45) is 0 Å². The predicted molar refractivity (Wildman–Crippen MR) is 68.4 cm³/mol. The van der Waals surface area contributed by atoms with Crippen molar-refractivity contribution in [3.8, 4) is 0 Å². The fraction of sp³-hybridized carbons (Fsp3) is 0.909. The maximum atomic E-state index is 12.3. The van der Waals surface area contributed by atoms with Crippen LogP contribution in [0.3, 0.4) is 0 Å². The first-order valence-corrected chi connectivity index (χ1v) is 7.70. The standard InChI is InChI=1S/C11H22N2O4S/c1-10-6-4-3-5-8-13(10)18(16,17)12(2)9-7-11(14)15/h10H,3-9H2,1-2H3,(H,14,15). The van der Waals surface area contributed by atoms with Crippen LogP contribution < -0.4 is 0 Å². The molecule has 18 heavy (non-hydrogen) atoms. The normalized spacial score (nSPS) is 22.9. The van der Waals surface area contributed by atoms with Gasteiger partial charge in [0.2, 0.25) is 0 Å². The summed E-state index contributed by atoms with van der Waals surface area (Å²) in [7, 11) is -2.09. The lowest BCUT2D eigenvalue weighted by molar-refractivity contribution is -0.137. The smallest absolute Gasteiger partial charge is 0.304 e. The highest BCUT2D eigenvalue weighted by atomic mass is 32.2. The topological polar surface area (TPSA) is 77.9 Å². The molecule has 0 amide bonds. The fourth-order valence-electron chi connectivity index (χ4n) is 2.14. The monoisotopic (exact) mass is 278 g/mol. The number of hydrogen-bond donors (Lipinski definition) is 1. The number of nitrogens with zero attached hydrogens (tertiary/aromatic N) is 2. The molecule has 0 radical (unpaired) electrons. The van der Waals surface area contributed by atoms with Crippen LogP contribution in [-0.2, 0) is 15.0 Å². The van der Waals surface area contributed by atoms with Crippen LogP contribution in [0.15, 0.2) is 0 Å². The second-order valence-electron chi connectivity index (χ2n) is 4.78. The van der Waals surface area contributed by atoms with Crippen LogP contribution in [0.4, 0.5) is 0 Å². The Balaban J connectivity index is 2.73. The van der Waals surface area contributed by atoms with Crippen molar-refractivity contribution in [1.82, 2.24) is 8.61 Å². The van der Waals surface area contributed by atoms with Crippen molar-refractivity contribution in [3.05, 3.63) is 0 Å². The van der Waals surface area contributed by atoms with E-state index in [0.717, 1.165) is 30.0 Å². The molecule has 1 unspecified atom stereocenters. The Bertz CT molecular complexity index is 383. The minimum atomic E-state index is -3.53. The number of carboxylic acids is 1. The highest BCUT2D eigenvalue weighted by molar-refractivity contribution is 7.86. The Hall–Kier alpha value is -0.660. The molecule has 106 valence electrons. The van der Waals surface area contributed by atoms with E-state index in [2.05, 4.69) is 0 Å². The predicted octanol–water partition coefficient (Wildman–Crippen LogP) is 0.902. The molecule has 1 saturated heterocycles. The third-order valence-corrected chi connectivity index (χ3v) is 5.43. The van der Waals surface area contributed by atoms with Crippen LogP contribution in [0.25, 0.3) is 0 Å². The Morgan fingerprint density at radius 3 is 2.67 bits per heavy atom. The summed E-state index contributed by atoms with van der Waals surface area (Å²) in [5.74, 6) is -0.985. The number of hydrogen-bond acceptors (Lipinski definition) is 3. The van der Waals surface area contributed by atoms with Gasteiger partial charge in [0.25, 0.3) is 10.2 Å². The van der Waals surface area contributed by atoms with Gasteiger partial charge in [0.15, 0.2) is 0 Å². The van der Waals surface area contributed by atoms with Crippen molar-refractivity contribution in [1.29, 1.82) is 0 Å². The third-order valence-electron chi connectivity index (χ3n) is 3.32. The van der Waals surface area contributed by atoms with E-state index in [0.29, 0.717) is 6.54 Å². The van der Waals surface area contributed by atoms with E-state index >= 15 is 0 Å². The van der Waals surface area contributed by atoms with Gasteiger partial charge in [0, 0.05) is 26.2 Å². The summed E-state index contributed by atoms with van der Waals surface area (Å²) in [5, 5.41) is 8.60. The number of carbonyl (C=O) groups is 1. The Labute approximate surface area is 109 Å². The minimum absolute atomic E-state index is 0.00946. The first-order chi connectivity index (χ1) is 8.35. The minimum Gasteiger partial charge on any atom is -0.481 e. The molecule has 7 heteroatoms. The zero-order chi connectivity index (χ0) is 13.8. The van der Waals surface area contributed by atoms with E-state index in [9.17, 15) is 13.2 Å². The van der Waals surface area contributed by atoms with Crippen LogP contribution in [-0.4, -0.2) is 54.3 Å². The summed E-state index contributed by atoms with van der Waals surface area (Å²) in [6.45, 7) is 2.45. The number of aliphatic carboxylic acids is 1. The fourth-order valence-corrected chi connectivity index (χ4v) is 3.74. The molecular formula is C11H22N2O4S. The van der Waals surface area contributed by atoms with Gasteiger partial charge in [-0.2, -0.15) is 17.0 Å². The Kier molecular flexibility index (Phi) is 5.55. The molecule has 0 bridgehead atoms. The van der Waals surface area contributed by atoms with Gasteiger partial charge < -0.3 is 5.11 Å². The van der Waals surface area contributed by atoms with Gasteiger partial charge >= 0.3 is 5.97 Å². The average Bonchev–Trinajstić information content (AvgIpc) is 2.50. The largest absolute Gasteiger partial charge is 0.481 e. The molecule has 1 fully saturated rings. The number of carboxylic acid groups (broad SMARTS) is 1. The maximum Gasteiger partial charge on any atom is 0.304 e. The lowest BCUT2D eigenvalue weighted by Gasteiger charge is -2.30. The van der Waals surface area contributed by atoms with Gasteiger partial charge in [-0.3, -0.25) is 4.79 Å². The molecule has 1 aliphatic rings. The van der Waals surface area contributed by atoms with E-state index in [1.807, 2.05) is 6.92 Å². The van der Waals surface area contributed by atoms with Crippen molar-refractivity contribution >= 4 is 16.2 Å². The maximum absolute atomic E-state index is 12.3. The molecule has 1 atom stereocenters. The second kappa shape index (κ2) is 6.49. The average molecular weight is 278 g/mol. The first kappa shape index (κ1) is 15.4. The van der Waals surface area contributed by atoms with Gasteiger partial charge in [0.1, 0.15) is 0 Å². The van der Waals surface area contributed by atoms with Crippen molar-refractivity contribution in [3.63, 3.8) is 0 Å². The second-order valence-corrected chi connectivity index (χ2v) is 6.77. The lowest BCUT2D eigenvalue weighted by Crippen LogP contribution is -2.46. The zero-order valence-corrected chi connectivity index (χ0v) is 11.8. The molecule has 0 aromatic heterocycles. The Morgan fingerprint density at radius 1 is 1.39 bits per heavy atom. The molecule has 1 heterocycles. The molecule has 0 aromatic rings. The van der Waals surface area contributed by atoms with E-state index in [1.165, 1.54) is 11.4 Å². The van der Waals surface area contributed by atoms with Crippen molar-refractivity contribution < 1.29 is 18.3 Å². The summed E-state index contributed by atoms with van der Waals surface area (Å²) in [4.78, 5) is 10.5.